The van der Waals surface area contributed by atoms with Crippen molar-refractivity contribution in [3.8, 4) is 0 Å². The topological polar surface area (TPSA) is 64.1 Å². The number of urea groups is 1. The van der Waals surface area contributed by atoms with E-state index in [1.807, 2.05) is 35.2 Å². The SMILES string of the molecule is O=C(O)[C@H]1CCCN1C(=O)N(c1ccccc1)[C@H]1C[C@H]2CCC[C@@H](C1)N2[C@H]1C[C@@H]2CCC[C@@H](C2)C1. The molecule has 0 spiro atoms. The molecule has 3 saturated heterocycles. The number of benzene rings is 1. The largest absolute Gasteiger partial charge is 0.480 e. The first-order valence-electron chi connectivity index (χ1n) is 14.2. The van der Waals surface area contributed by atoms with E-state index in [-0.39, 0.29) is 12.1 Å². The molecule has 0 radical (unpaired) electrons. The molecule has 2 aliphatic carbocycles. The molecule has 4 bridgehead atoms. The minimum Gasteiger partial charge on any atom is -0.480 e. The fourth-order valence-electron chi connectivity index (χ4n) is 8.59. The zero-order valence-corrected chi connectivity index (χ0v) is 20.9. The smallest absolute Gasteiger partial charge is 0.326 e. The number of rotatable bonds is 4. The van der Waals surface area contributed by atoms with Crippen molar-refractivity contribution in [2.24, 2.45) is 11.8 Å². The van der Waals surface area contributed by atoms with Gasteiger partial charge in [0.2, 0.25) is 0 Å². The van der Waals surface area contributed by atoms with Gasteiger partial charge in [0.1, 0.15) is 6.04 Å². The van der Waals surface area contributed by atoms with Crippen molar-refractivity contribution in [1.82, 2.24) is 9.80 Å². The Morgan fingerprint density at radius 3 is 2.09 bits per heavy atom. The Morgan fingerprint density at radius 2 is 1.43 bits per heavy atom. The lowest BCUT2D eigenvalue weighted by atomic mass is 9.68. The van der Waals surface area contributed by atoms with Gasteiger partial charge in [-0.2, -0.15) is 0 Å². The molecule has 7 atom stereocenters. The number of likely N-dealkylation sites (tertiary alicyclic amines) is 1. The van der Waals surface area contributed by atoms with Crippen molar-refractivity contribution in [1.29, 1.82) is 0 Å². The minimum absolute atomic E-state index is 0.107. The summed E-state index contributed by atoms with van der Waals surface area (Å²) in [6.45, 7) is 0.537. The number of para-hydroxylation sites is 1. The lowest BCUT2D eigenvalue weighted by Crippen LogP contribution is -2.63. The summed E-state index contributed by atoms with van der Waals surface area (Å²) in [5.74, 6) is 0.978. The maximum atomic E-state index is 14.0. The average molecular weight is 480 g/mol. The third kappa shape index (κ3) is 4.47. The summed E-state index contributed by atoms with van der Waals surface area (Å²) in [5.41, 5.74) is 0.914. The van der Waals surface area contributed by atoms with Crippen molar-refractivity contribution in [3.63, 3.8) is 0 Å². The molecule has 6 nitrogen and oxygen atoms in total. The first-order chi connectivity index (χ1) is 17.1. The predicted molar refractivity (Wildman–Crippen MR) is 136 cm³/mol. The second-order valence-electron chi connectivity index (χ2n) is 12.0. The van der Waals surface area contributed by atoms with Crippen LogP contribution in [0.25, 0.3) is 0 Å². The van der Waals surface area contributed by atoms with E-state index in [9.17, 15) is 14.7 Å². The van der Waals surface area contributed by atoms with Gasteiger partial charge in [0.15, 0.2) is 0 Å². The van der Waals surface area contributed by atoms with Crippen molar-refractivity contribution in [2.75, 3.05) is 11.4 Å². The fraction of sp³-hybridized carbons (Fsp3) is 0.724. The van der Waals surface area contributed by atoms with E-state index in [0.717, 1.165) is 42.8 Å². The third-order valence-corrected chi connectivity index (χ3v) is 9.92. The van der Waals surface area contributed by atoms with Crippen LogP contribution in [-0.2, 0) is 4.79 Å². The number of hydrogen-bond acceptors (Lipinski definition) is 3. The zero-order chi connectivity index (χ0) is 23.9. The number of amides is 2. The Kier molecular flexibility index (Phi) is 6.50. The van der Waals surface area contributed by atoms with Crippen LogP contribution in [0.2, 0.25) is 0 Å². The second kappa shape index (κ2) is 9.76. The highest BCUT2D eigenvalue weighted by molar-refractivity contribution is 5.95. The number of fused-ring (bicyclic) bond motifs is 4. The van der Waals surface area contributed by atoms with Gasteiger partial charge >= 0.3 is 12.0 Å². The molecule has 1 aromatic rings. The number of carboxylic acid groups (broad SMARTS) is 1. The first kappa shape index (κ1) is 23.3. The Hall–Kier alpha value is -2.08. The van der Waals surface area contributed by atoms with E-state index >= 15 is 0 Å². The summed E-state index contributed by atoms with van der Waals surface area (Å²) in [6, 6.07) is 11.2. The number of carbonyl (C=O) groups excluding carboxylic acids is 1. The quantitative estimate of drug-likeness (QED) is 0.618. The summed E-state index contributed by atoms with van der Waals surface area (Å²) in [5, 5.41) is 9.75. The van der Waals surface area contributed by atoms with Gasteiger partial charge in [-0.15, -0.1) is 0 Å². The normalized spacial score (nSPS) is 37.1. The predicted octanol–water partition coefficient (Wildman–Crippen LogP) is 5.52. The third-order valence-electron chi connectivity index (χ3n) is 9.92. The van der Waals surface area contributed by atoms with Crippen LogP contribution in [0.3, 0.4) is 0 Å². The van der Waals surface area contributed by atoms with Crippen LogP contribution < -0.4 is 4.90 Å². The van der Waals surface area contributed by atoms with Crippen molar-refractivity contribution < 1.29 is 14.7 Å². The molecule has 3 aliphatic heterocycles. The van der Waals surface area contributed by atoms with Gasteiger partial charge in [-0.1, -0.05) is 43.9 Å². The van der Waals surface area contributed by atoms with Crippen LogP contribution in [0.1, 0.15) is 83.5 Å². The van der Waals surface area contributed by atoms with Crippen LogP contribution in [-0.4, -0.2) is 63.7 Å². The molecule has 190 valence electrons. The van der Waals surface area contributed by atoms with Gasteiger partial charge < -0.3 is 10.0 Å². The van der Waals surface area contributed by atoms with E-state index in [1.165, 1.54) is 57.8 Å². The number of carbonyl (C=O) groups is 2. The highest BCUT2D eigenvalue weighted by atomic mass is 16.4. The Morgan fingerprint density at radius 1 is 0.771 bits per heavy atom. The molecule has 0 unspecified atom stereocenters. The first-order valence-corrected chi connectivity index (χ1v) is 14.2. The van der Waals surface area contributed by atoms with E-state index in [2.05, 4.69) is 4.90 Å². The average Bonchev–Trinajstić information content (AvgIpc) is 3.35. The Bertz CT molecular complexity index is 897. The number of hydrogen-bond donors (Lipinski definition) is 1. The Labute approximate surface area is 209 Å². The van der Waals surface area contributed by atoms with Crippen LogP contribution >= 0.6 is 0 Å². The number of piperidine rings is 2. The van der Waals surface area contributed by atoms with E-state index in [4.69, 9.17) is 0 Å². The van der Waals surface area contributed by atoms with Gasteiger partial charge in [0.05, 0.1) is 0 Å². The second-order valence-corrected chi connectivity index (χ2v) is 12.0. The lowest BCUT2D eigenvalue weighted by molar-refractivity contribution is -0.141. The van der Waals surface area contributed by atoms with Gasteiger partial charge in [-0.25, -0.2) is 9.59 Å². The summed E-state index contributed by atoms with van der Waals surface area (Å²) < 4.78 is 0. The molecule has 5 aliphatic rings. The lowest BCUT2D eigenvalue weighted by Gasteiger charge is -2.56. The molecule has 3 heterocycles. The molecule has 1 N–H and O–H groups in total. The van der Waals surface area contributed by atoms with Gasteiger partial charge in [-0.05, 0) is 81.8 Å². The van der Waals surface area contributed by atoms with Crippen molar-refractivity contribution >= 4 is 17.7 Å². The van der Waals surface area contributed by atoms with E-state index in [1.54, 1.807) is 4.90 Å². The molecular formula is C29H41N3O3. The number of aliphatic carboxylic acids is 1. The maximum absolute atomic E-state index is 14.0. The molecule has 35 heavy (non-hydrogen) atoms. The Balaban J connectivity index is 1.26. The van der Waals surface area contributed by atoms with E-state index < -0.39 is 12.0 Å². The molecular weight excluding hydrogens is 438 g/mol. The summed E-state index contributed by atoms with van der Waals surface area (Å²) >= 11 is 0. The molecule has 6 heteroatoms. The van der Waals surface area contributed by atoms with E-state index in [0.29, 0.717) is 25.0 Å². The number of carboxylic acids is 1. The molecule has 2 amide bonds. The number of anilines is 1. The molecule has 2 saturated carbocycles. The fourth-order valence-corrected chi connectivity index (χ4v) is 8.59. The van der Waals surface area contributed by atoms with Crippen LogP contribution in [0.4, 0.5) is 10.5 Å². The van der Waals surface area contributed by atoms with Crippen LogP contribution in [0.5, 0.6) is 0 Å². The van der Waals surface area contributed by atoms with Crippen LogP contribution in [0, 0.1) is 11.8 Å². The van der Waals surface area contributed by atoms with Crippen LogP contribution in [0.15, 0.2) is 30.3 Å². The highest BCUT2D eigenvalue weighted by Crippen LogP contribution is 2.46. The maximum Gasteiger partial charge on any atom is 0.326 e. The molecule has 1 aromatic carbocycles. The molecule has 5 fully saturated rings. The van der Waals surface area contributed by atoms with Gasteiger partial charge in [-0.3, -0.25) is 9.80 Å². The monoisotopic (exact) mass is 479 g/mol. The summed E-state index contributed by atoms with van der Waals surface area (Å²) in [4.78, 5) is 32.4. The van der Waals surface area contributed by atoms with Crippen molar-refractivity contribution in [2.45, 2.75) is 114 Å². The summed E-state index contributed by atoms with van der Waals surface area (Å²) in [7, 11) is 0. The number of nitrogens with zero attached hydrogens (tertiary/aromatic N) is 3. The van der Waals surface area contributed by atoms with Gasteiger partial charge in [0, 0.05) is 36.4 Å². The zero-order valence-electron chi connectivity index (χ0n) is 20.9. The molecule has 6 rings (SSSR count). The summed E-state index contributed by atoms with van der Waals surface area (Å²) in [6.07, 6.45) is 15.6. The van der Waals surface area contributed by atoms with Gasteiger partial charge in [0.25, 0.3) is 0 Å². The standard InChI is InChI=1S/C29H41N3O3/c33-28(34)27-13-6-14-30(27)29(35)32(22-9-2-1-3-10-22)26-18-23-11-5-12-24(19-26)31(23)25-16-20-7-4-8-21(15-20)17-25/h1-3,9-10,20-21,23-27H,4-8,11-19H2,(H,33,34)/t20-,21+,23-,24+,25+,26+,27-/m1/s1. The molecule has 0 aromatic heterocycles. The van der Waals surface area contributed by atoms with Crippen molar-refractivity contribution in [3.05, 3.63) is 30.3 Å². The highest BCUT2D eigenvalue weighted by Gasteiger charge is 2.48. The minimum atomic E-state index is -0.876.